The predicted octanol–water partition coefficient (Wildman–Crippen LogP) is 5.15. The number of nitrogens with zero attached hydrogens (tertiary/aromatic N) is 4. The van der Waals surface area contributed by atoms with Crippen molar-refractivity contribution in [1.82, 2.24) is 15.1 Å². The number of pyridine rings is 1. The van der Waals surface area contributed by atoms with Crippen molar-refractivity contribution in [1.29, 1.82) is 0 Å². The van der Waals surface area contributed by atoms with E-state index in [1.165, 1.54) is 0 Å². The first-order valence-corrected chi connectivity index (χ1v) is 8.70. The molecule has 138 valence electrons. The molecule has 0 bridgehead atoms. The van der Waals surface area contributed by atoms with Crippen LogP contribution < -0.4 is 10.2 Å². The number of anilines is 1. The van der Waals surface area contributed by atoms with Crippen LogP contribution in [0, 0.1) is 20.4 Å². The fourth-order valence-electron chi connectivity index (χ4n) is 2.55. The van der Waals surface area contributed by atoms with E-state index in [0.717, 1.165) is 22.4 Å². The molecule has 27 heavy (non-hydrogen) atoms. The molecule has 7 nitrogen and oxygen atoms in total. The Bertz CT molecular complexity index is 1020. The number of hydrogen-bond donors (Lipinski definition) is 1. The van der Waals surface area contributed by atoms with E-state index in [1.807, 2.05) is 39.8 Å². The summed E-state index contributed by atoms with van der Waals surface area (Å²) in [5.74, 6) is 1.17. The summed E-state index contributed by atoms with van der Waals surface area (Å²) in [7, 11) is 0. The van der Waals surface area contributed by atoms with Gasteiger partial charge in [0.1, 0.15) is 10.7 Å². The van der Waals surface area contributed by atoms with Crippen LogP contribution in [0.15, 0.2) is 28.9 Å². The Balaban J connectivity index is 1.93. The van der Waals surface area contributed by atoms with Gasteiger partial charge in [-0.1, -0.05) is 16.8 Å². The van der Waals surface area contributed by atoms with Gasteiger partial charge in [-0.3, -0.25) is 0 Å². The van der Waals surface area contributed by atoms with E-state index >= 15 is 0 Å². The summed E-state index contributed by atoms with van der Waals surface area (Å²) in [5, 5.41) is 4.47. The van der Waals surface area contributed by atoms with Crippen LogP contribution in [0.2, 0.25) is 5.02 Å². The number of aromatic nitrogens is 3. The van der Waals surface area contributed by atoms with Crippen molar-refractivity contribution in [3.63, 3.8) is 0 Å². The van der Waals surface area contributed by atoms with Gasteiger partial charge in [-0.25, -0.2) is 4.98 Å². The third-order valence-electron chi connectivity index (χ3n) is 3.83. The summed E-state index contributed by atoms with van der Waals surface area (Å²) < 4.78 is 10.9. The molecule has 0 saturated heterocycles. The number of rotatable bonds is 5. The molecule has 1 aromatic carbocycles. The van der Waals surface area contributed by atoms with Crippen molar-refractivity contribution in [2.24, 2.45) is 0 Å². The summed E-state index contributed by atoms with van der Waals surface area (Å²) in [6.45, 7) is 12.9. The highest BCUT2D eigenvalue weighted by molar-refractivity contribution is 6.32. The highest BCUT2D eigenvalue weighted by Crippen LogP contribution is 2.31. The molecule has 8 heteroatoms. The number of ether oxygens (including phenoxy) is 1. The standard InChI is InChI=1S/C19H19ClN5O2/c1-10(2)26-19-15(20)8-13(9-22-19)18-23-17(25-27-18)14-6-12(4)16(24-21-5)7-11(14)3/h5-10,24H,1-4H3/q+1. The minimum absolute atomic E-state index is 0.0217. The molecule has 3 rings (SSSR count). The van der Waals surface area contributed by atoms with E-state index in [-0.39, 0.29) is 6.10 Å². The van der Waals surface area contributed by atoms with Crippen LogP contribution in [0.4, 0.5) is 5.69 Å². The highest BCUT2D eigenvalue weighted by atomic mass is 35.5. The van der Waals surface area contributed by atoms with E-state index in [2.05, 4.69) is 25.5 Å². The van der Waals surface area contributed by atoms with E-state index in [4.69, 9.17) is 27.4 Å². The summed E-state index contributed by atoms with van der Waals surface area (Å²) in [4.78, 5) is 12.2. The summed E-state index contributed by atoms with van der Waals surface area (Å²) in [6.07, 6.45) is 1.57. The average Bonchev–Trinajstić information content (AvgIpc) is 3.09. The van der Waals surface area contributed by atoms with E-state index in [1.54, 1.807) is 12.3 Å². The zero-order valence-corrected chi connectivity index (χ0v) is 16.2. The molecule has 2 aromatic heterocycles. The topological polar surface area (TPSA) is 77.4 Å². The van der Waals surface area contributed by atoms with Gasteiger partial charge in [0, 0.05) is 11.8 Å². The molecule has 0 fully saturated rings. The second-order valence-electron chi connectivity index (χ2n) is 6.32. The van der Waals surface area contributed by atoms with Gasteiger partial charge in [-0.2, -0.15) is 4.98 Å². The van der Waals surface area contributed by atoms with Gasteiger partial charge < -0.3 is 9.26 Å². The number of hydrogen-bond acceptors (Lipinski definition) is 6. The lowest BCUT2D eigenvalue weighted by molar-refractivity contribution is 0.233. The maximum absolute atomic E-state index is 6.24. The third-order valence-corrected chi connectivity index (χ3v) is 4.10. The van der Waals surface area contributed by atoms with E-state index < -0.39 is 0 Å². The lowest BCUT2D eigenvalue weighted by atomic mass is 10.0. The molecule has 2 heterocycles. The molecule has 0 radical (unpaired) electrons. The van der Waals surface area contributed by atoms with Gasteiger partial charge in [0.2, 0.25) is 11.7 Å². The molecule has 0 aliphatic carbocycles. The smallest absolute Gasteiger partial charge is 0.305 e. The normalized spacial score (nSPS) is 10.7. The molecule has 0 aliphatic rings. The minimum atomic E-state index is -0.0217. The van der Waals surface area contributed by atoms with Crippen LogP contribution in [0.3, 0.4) is 0 Å². The molecule has 0 aliphatic heterocycles. The van der Waals surface area contributed by atoms with Crippen LogP contribution in [0.1, 0.15) is 25.0 Å². The maximum atomic E-state index is 6.24. The zero-order valence-electron chi connectivity index (χ0n) is 15.4. The molecule has 0 spiro atoms. The second kappa shape index (κ2) is 7.64. The number of nitrogens with one attached hydrogen (secondary N) is 1. The lowest BCUT2D eigenvalue weighted by Crippen LogP contribution is -2.07. The molecule has 0 atom stereocenters. The van der Waals surface area contributed by atoms with Gasteiger partial charge in [0.05, 0.1) is 16.6 Å². The second-order valence-corrected chi connectivity index (χ2v) is 6.73. The molecule has 0 unspecified atom stereocenters. The lowest BCUT2D eigenvalue weighted by Gasteiger charge is -2.09. The molecular weight excluding hydrogens is 366 g/mol. The first-order valence-electron chi connectivity index (χ1n) is 8.33. The predicted molar refractivity (Wildman–Crippen MR) is 105 cm³/mol. The zero-order chi connectivity index (χ0) is 19.6. The largest absolute Gasteiger partial charge is 0.474 e. The average molecular weight is 385 g/mol. The van der Waals surface area contributed by atoms with Crippen molar-refractivity contribution in [3.05, 3.63) is 45.5 Å². The number of halogens is 1. The maximum Gasteiger partial charge on any atom is 0.305 e. The Hall–Kier alpha value is -3.11. The van der Waals surface area contributed by atoms with Gasteiger partial charge in [-0.05, 0) is 62.4 Å². The number of benzene rings is 1. The minimum Gasteiger partial charge on any atom is -0.474 e. The van der Waals surface area contributed by atoms with Crippen LogP contribution in [0.25, 0.3) is 27.8 Å². The summed E-state index contributed by atoms with van der Waals surface area (Å²) in [5.41, 5.74) is 6.95. The number of aryl methyl sites for hydroxylation is 2. The van der Waals surface area contributed by atoms with Crippen LogP contribution in [0.5, 0.6) is 5.88 Å². The van der Waals surface area contributed by atoms with Crippen molar-refractivity contribution >= 4 is 17.3 Å². The molecule has 3 aromatic rings. The van der Waals surface area contributed by atoms with E-state index in [9.17, 15) is 0 Å². The Morgan fingerprint density at radius 3 is 2.67 bits per heavy atom. The summed E-state index contributed by atoms with van der Waals surface area (Å²) >= 11 is 6.24. The van der Waals surface area contributed by atoms with E-state index in [0.29, 0.717) is 28.2 Å². The van der Waals surface area contributed by atoms with Gasteiger partial charge in [0.15, 0.2) is 0 Å². The van der Waals surface area contributed by atoms with Crippen LogP contribution >= 0.6 is 11.6 Å². The van der Waals surface area contributed by atoms with Crippen molar-refractivity contribution in [2.75, 3.05) is 5.43 Å². The van der Waals surface area contributed by atoms with Crippen LogP contribution in [-0.4, -0.2) is 21.2 Å². The molecule has 0 saturated carbocycles. The van der Waals surface area contributed by atoms with Crippen molar-refractivity contribution < 1.29 is 9.26 Å². The Morgan fingerprint density at radius 1 is 1.22 bits per heavy atom. The Morgan fingerprint density at radius 2 is 2.00 bits per heavy atom. The van der Waals surface area contributed by atoms with Gasteiger partial charge in [0.25, 0.3) is 5.89 Å². The third kappa shape index (κ3) is 4.01. The van der Waals surface area contributed by atoms with Crippen LogP contribution in [-0.2, 0) is 0 Å². The first kappa shape index (κ1) is 18.7. The SMILES string of the molecule is C#[N+]Nc1cc(C)c(-c2noc(-c3cnc(OC(C)C)c(Cl)c3)n2)cc1C. The molecule has 0 amide bonds. The monoisotopic (exact) mass is 384 g/mol. The highest BCUT2D eigenvalue weighted by Gasteiger charge is 2.17. The van der Waals surface area contributed by atoms with Gasteiger partial charge in [-0.15, -0.1) is 0 Å². The first-order chi connectivity index (χ1) is 12.9. The van der Waals surface area contributed by atoms with Gasteiger partial charge >= 0.3 is 6.57 Å². The summed E-state index contributed by atoms with van der Waals surface area (Å²) in [6, 6.07) is 5.56. The molecular formula is C19H19ClN5O2+. The fraction of sp³-hybridized carbons (Fsp3) is 0.263. The Labute approximate surface area is 162 Å². The quantitative estimate of drug-likeness (QED) is 0.613. The Kier molecular flexibility index (Phi) is 5.28. The van der Waals surface area contributed by atoms with Crippen molar-refractivity contribution in [3.8, 4) is 35.3 Å². The fourth-order valence-corrected chi connectivity index (χ4v) is 2.76. The molecule has 1 N–H and O–H groups in total. The van der Waals surface area contributed by atoms with Crippen molar-refractivity contribution in [2.45, 2.75) is 33.8 Å².